The largest absolute Gasteiger partial charge is 0.314 e. The van der Waals surface area contributed by atoms with Crippen molar-refractivity contribution in [1.29, 1.82) is 0 Å². The van der Waals surface area contributed by atoms with Crippen LogP contribution < -0.4 is 5.32 Å². The Kier molecular flexibility index (Phi) is 5.53. The quantitative estimate of drug-likeness (QED) is 0.758. The Morgan fingerprint density at radius 2 is 2.14 bits per heavy atom. The molecular formula is C11H21ClN2. The Labute approximate surface area is 92.3 Å². The number of nitrogens with zero attached hydrogens (tertiary/aromatic N) is 1. The van der Waals surface area contributed by atoms with Gasteiger partial charge in [0.1, 0.15) is 0 Å². The summed E-state index contributed by atoms with van der Waals surface area (Å²) in [6.07, 6.45) is 3.70. The topological polar surface area (TPSA) is 15.3 Å². The second kappa shape index (κ2) is 6.44. The van der Waals surface area contributed by atoms with Crippen LogP contribution in [0.4, 0.5) is 0 Å². The second-order valence-electron chi connectivity index (χ2n) is 4.02. The van der Waals surface area contributed by atoms with E-state index in [2.05, 4.69) is 23.7 Å². The van der Waals surface area contributed by atoms with Gasteiger partial charge >= 0.3 is 0 Å². The highest BCUT2D eigenvalue weighted by Gasteiger charge is 2.18. The predicted octanol–water partition coefficient (Wildman–Crippen LogP) is 2.20. The minimum Gasteiger partial charge on any atom is -0.314 e. The molecule has 0 spiro atoms. The molecule has 14 heavy (non-hydrogen) atoms. The summed E-state index contributed by atoms with van der Waals surface area (Å²) in [5, 5.41) is 4.32. The fourth-order valence-electron chi connectivity index (χ4n) is 1.89. The Morgan fingerprint density at radius 3 is 2.64 bits per heavy atom. The van der Waals surface area contributed by atoms with Crippen molar-refractivity contribution in [2.24, 2.45) is 0 Å². The van der Waals surface area contributed by atoms with Crippen molar-refractivity contribution in [1.82, 2.24) is 10.2 Å². The highest BCUT2D eigenvalue weighted by atomic mass is 35.5. The molecule has 2 nitrogen and oxygen atoms in total. The van der Waals surface area contributed by atoms with Crippen molar-refractivity contribution in [2.75, 3.05) is 26.2 Å². The van der Waals surface area contributed by atoms with Gasteiger partial charge in [0, 0.05) is 30.7 Å². The van der Waals surface area contributed by atoms with Crippen LogP contribution in [-0.2, 0) is 0 Å². The molecule has 82 valence electrons. The molecule has 1 fully saturated rings. The maximum atomic E-state index is 5.78. The van der Waals surface area contributed by atoms with Gasteiger partial charge in [-0.05, 0) is 25.8 Å². The number of likely N-dealkylation sites (tertiary alicyclic amines) is 1. The third-order valence-electron chi connectivity index (χ3n) is 2.67. The zero-order valence-electron chi connectivity index (χ0n) is 9.06. The molecule has 1 rings (SSSR count). The summed E-state index contributed by atoms with van der Waals surface area (Å²) in [5.74, 6) is 0. The van der Waals surface area contributed by atoms with Crippen molar-refractivity contribution in [3.63, 3.8) is 0 Å². The first-order valence-corrected chi connectivity index (χ1v) is 5.89. The molecule has 3 heteroatoms. The van der Waals surface area contributed by atoms with Crippen molar-refractivity contribution >= 4 is 11.6 Å². The molecule has 0 amide bonds. The molecule has 1 N–H and O–H groups in total. The summed E-state index contributed by atoms with van der Waals surface area (Å²) in [7, 11) is 0. The van der Waals surface area contributed by atoms with E-state index in [1.165, 1.54) is 19.3 Å². The number of halogens is 1. The molecule has 0 radical (unpaired) electrons. The summed E-state index contributed by atoms with van der Waals surface area (Å²) < 4.78 is 0. The van der Waals surface area contributed by atoms with E-state index in [1.54, 1.807) is 0 Å². The minimum absolute atomic E-state index is 0.717. The van der Waals surface area contributed by atoms with E-state index in [0.29, 0.717) is 0 Å². The van der Waals surface area contributed by atoms with Gasteiger partial charge in [-0.3, -0.25) is 4.90 Å². The lowest BCUT2D eigenvalue weighted by Gasteiger charge is -2.32. The van der Waals surface area contributed by atoms with E-state index in [9.17, 15) is 0 Å². The number of hydrogen-bond donors (Lipinski definition) is 1. The Morgan fingerprint density at radius 1 is 1.50 bits per heavy atom. The summed E-state index contributed by atoms with van der Waals surface area (Å²) in [6.45, 7) is 10.2. The van der Waals surface area contributed by atoms with Gasteiger partial charge in [0.05, 0.1) is 0 Å². The molecule has 0 saturated carbocycles. The van der Waals surface area contributed by atoms with Crippen LogP contribution in [0.1, 0.15) is 26.2 Å². The molecule has 1 aliphatic rings. The van der Waals surface area contributed by atoms with E-state index < -0.39 is 0 Å². The first-order valence-electron chi connectivity index (χ1n) is 5.51. The van der Waals surface area contributed by atoms with Crippen molar-refractivity contribution in [2.45, 2.75) is 32.2 Å². The number of piperidine rings is 1. The zero-order valence-corrected chi connectivity index (χ0v) is 9.82. The van der Waals surface area contributed by atoms with Crippen LogP contribution >= 0.6 is 11.6 Å². The van der Waals surface area contributed by atoms with Crippen LogP contribution in [0, 0.1) is 0 Å². The molecule has 1 aliphatic heterocycles. The Balaban J connectivity index is 2.14. The van der Waals surface area contributed by atoms with Gasteiger partial charge in [0.2, 0.25) is 0 Å². The summed E-state index contributed by atoms with van der Waals surface area (Å²) in [5.41, 5.74) is 0. The predicted molar refractivity (Wildman–Crippen MR) is 62.7 cm³/mol. The second-order valence-corrected chi connectivity index (χ2v) is 4.56. The maximum absolute atomic E-state index is 5.78. The van der Waals surface area contributed by atoms with Gasteiger partial charge in [-0.2, -0.15) is 0 Å². The van der Waals surface area contributed by atoms with Crippen LogP contribution in [0.15, 0.2) is 11.6 Å². The summed E-state index contributed by atoms with van der Waals surface area (Å²) >= 11 is 5.78. The smallest absolute Gasteiger partial charge is 0.0335 e. The molecule has 0 bridgehead atoms. The monoisotopic (exact) mass is 216 g/mol. The van der Waals surface area contributed by atoms with Crippen molar-refractivity contribution in [3.8, 4) is 0 Å². The molecule has 1 saturated heterocycles. The summed E-state index contributed by atoms with van der Waals surface area (Å²) in [4.78, 5) is 2.37. The van der Waals surface area contributed by atoms with Crippen molar-refractivity contribution < 1.29 is 0 Å². The first-order chi connectivity index (χ1) is 6.72. The molecule has 0 aromatic carbocycles. The molecule has 1 heterocycles. The van der Waals surface area contributed by atoms with E-state index in [-0.39, 0.29) is 0 Å². The van der Waals surface area contributed by atoms with Gasteiger partial charge in [-0.25, -0.2) is 0 Å². The normalized spacial score (nSPS) is 19.9. The molecule has 0 atom stereocenters. The van der Waals surface area contributed by atoms with Crippen LogP contribution in [0.5, 0.6) is 0 Å². The molecular weight excluding hydrogens is 196 g/mol. The van der Waals surface area contributed by atoms with E-state index >= 15 is 0 Å². The minimum atomic E-state index is 0.717. The fraction of sp³-hybridized carbons (Fsp3) is 0.818. The molecule has 0 aromatic rings. The van der Waals surface area contributed by atoms with Crippen LogP contribution in [0.3, 0.4) is 0 Å². The van der Waals surface area contributed by atoms with E-state index in [1.807, 2.05) is 0 Å². The lowest BCUT2D eigenvalue weighted by molar-refractivity contribution is 0.214. The number of nitrogens with one attached hydrogen (secondary N) is 1. The van der Waals surface area contributed by atoms with E-state index in [0.717, 1.165) is 37.3 Å². The highest BCUT2D eigenvalue weighted by Crippen LogP contribution is 2.12. The molecule has 0 aliphatic carbocycles. The third kappa shape index (κ3) is 4.45. The SMILES string of the molecule is C=C(Cl)CN1CCC(NCCC)CC1. The Bertz CT molecular complexity index is 174. The van der Waals surface area contributed by atoms with Crippen LogP contribution in [-0.4, -0.2) is 37.1 Å². The fourth-order valence-corrected chi connectivity index (χ4v) is 2.06. The number of rotatable bonds is 5. The van der Waals surface area contributed by atoms with E-state index in [4.69, 9.17) is 11.6 Å². The number of hydrogen-bond acceptors (Lipinski definition) is 2. The average Bonchev–Trinajstić information content (AvgIpc) is 2.16. The highest BCUT2D eigenvalue weighted by molar-refractivity contribution is 6.29. The zero-order chi connectivity index (χ0) is 10.4. The molecule has 0 aromatic heterocycles. The first kappa shape index (κ1) is 12.0. The standard InChI is InChI=1S/C11H21ClN2/c1-3-6-13-11-4-7-14(8-5-11)9-10(2)12/h11,13H,2-9H2,1H3. The van der Waals surface area contributed by atoms with Crippen LogP contribution in [0.2, 0.25) is 0 Å². The third-order valence-corrected chi connectivity index (χ3v) is 2.79. The van der Waals surface area contributed by atoms with Gasteiger partial charge in [0.25, 0.3) is 0 Å². The maximum Gasteiger partial charge on any atom is 0.0335 e. The Hall–Kier alpha value is -0.0500. The lowest BCUT2D eigenvalue weighted by Crippen LogP contribution is -2.42. The average molecular weight is 217 g/mol. The lowest BCUT2D eigenvalue weighted by atomic mass is 10.1. The van der Waals surface area contributed by atoms with Crippen molar-refractivity contribution in [3.05, 3.63) is 11.6 Å². The van der Waals surface area contributed by atoms with Crippen LogP contribution in [0.25, 0.3) is 0 Å². The van der Waals surface area contributed by atoms with Gasteiger partial charge in [-0.15, -0.1) is 0 Å². The van der Waals surface area contributed by atoms with Gasteiger partial charge in [-0.1, -0.05) is 25.1 Å². The summed E-state index contributed by atoms with van der Waals surface area (Å²) in [6, 6.07) is 0.717. The van der Waals surface area contributed by atoms with Gasteiger partial charge in [0.15, 0.2) is 0 Å². The van der Waals surface area contributed by atoms with Gasteiger partial charge < -0.3 is 5.32 Å². The molecule has 0 unspecified atom stereocenters.